The number of rotatable bonds is 5. The highest BCUT2D eigenvalue weighted by Gasteiger charge is 2.12. The molecule has 2 amide bonds. The molecule has 0 heterocycles. The molecule has 0 radical (unpaired) electrons. The van der Waals surface area contributed by atoms with Crippen LogP contribution in [-0.4, -0.2) is 18.4 Å². The Bertz CT molecular complexity index is 734. The maximum absolute atomic E-state index is 13.7. The lowest BCUT2D eigenvalue weighted by atomic mass is 10.1. The quantitative estimate of drug-likeness (QED) is 0.838. The summed E-state index contributed by atoms with van der Waals surface area (Å²) in [6.07, 6.45) is 0. The van der Waals surface area contributed by atoms with Gasteiger partial charge in [0.05, 0.1) is 5.56 Å². The molecule has 0 aliphatic carbocycles. The number of hydrogen-bond donors (Lipinski definition) is 2. The van der Waals surface area contributed by atoms with Crippen LogP contribution in [0, 0.1) is 5.82 Å². The van der Waals surface area contributed by atoms with E-state index in [9.17, 15) is 14.0 Å². The monoisotopic (exact) mass is 378 g/mol. The van der Waals surface area contributed by atoms with Gasteiger partial charge in [-0.1, -0.05) is 28.1 Å². The Hall–Kier alpha value is -2.21. The van der Waals surface area contributed by atoms with Gasteiger partial charge in [-0.25, -0.2) is 4.39 Å². The van der Waals surface area contributed by atoms with E-state index in [0.717, 1.165) is 5.56 Å². The van der Waals surface area contributed by atoms with Crippen LogP contribution in [-0.2, 0) is 6.54 Å². The summed E-state index contributed by atoms with van der Waals surface area (Å²) >= 11 is 3.21. The van der Waals surface area contributed by atoms with Crippen LogP contribution in [0.2, 0.25) is 0 Å². The zero-order valence-corrected chi connectivity index (χ0v) is 14.1. The van der Waals surface area contributed by atoms with E-state index in [1.54, 1.807) is 24.3 Å². The Labute approximate surface area is 142 Å². The van der Waals surface area contributed by atoms with Crippen LogP contribution in [0.25, 0.3) is 0 Å². The summed E-state index contributed by atoms with van der Waals surface area (Å²) in [4.78, 5) is 23.8. The van der Waals surface area contributed by atoms with Gasteiger partial charge in [0, 0.05) is 23.1 Å². The fourth-order valence-electron chi connectivity index (χ4n) is 2.03. The minimum absolute atomic E-state index is 0.0285. The van der Waals surface area contributed by atoms with Gasteiger partial charge >= 0.3 is 0 Å². The first-order valence-corrected chi connectivity index (χ1v) is 7.91. The van der Waals surface area contributed by atoms with E-state index < -0.39 is 11.7 Å². The van der Waals surface area contributed by atoms with Crippen molar-refractivity contribution in [2.75, 3.05) is 6.54 Å². The summed E-state index contributed by atoms with van der Waals surface area (Å²) in [5.74, 6) is -1.26. The van der Waals surface area contributed by atoms with E-state index in [2.05, 4.69) is 26.6 Å². The molecule has 2 aromatic carbocycles. The fraction of sp³-hybridized carbons (Fsp3) is 0.176. The third-order valence-electron chi connectivity index (χ3n) is 3.15. The molecular formula is C17H16BrFN2O2. The molecule has 0 spiro atoms. The summed E-state index contributed by atoms with van der Waals surface area (Å²) in [6.45, 7) is 2.59. The third kappa shape index (κ3) is 4.63. The van der Waals surface area contributed by atoms with Gasteiger partial charge in [-0.15, -0.1) is 0 Å². The Morgan fingerprint density at radius 1 is 1.09 bits per heavy atom. The lowest BCUT2D eigenvalue weighted by Crippen LogP contribution is -2.25. The highest BCUT2D eigenvalue weighted by molar-refractivity contribution is 9.10. The Kier molecular flexibility index (Phi) is 5.87. The maximum Gasteiger partial charge on any atom is 0.254 e. The fourth-order valence-corrected chi connectivity index (χ4v) is 2.40. The molecule has 0 bridgehead atoms. The lowest BCUT2D eigenvalue weighted by Gasteiger charge is -2.08. The van der Waals surface area contributed by atoms with Crippen LogP contribution < -0.4 is 10.6 Å². The zero-order chi connectivity index (χ0) is 16.8. The molecule has 0 fully saturated rings. The maximum atomic E-state index is 13.7. The third-order valence-corrected chi connectivity index (χ3v) is 3.65. The van der Waals surface area contributed by atoms with Gasteiger partial charge in [-0.05, 0) is 42.8 Å². The zero-order valence-electron chi connectivity index (χ0n) is 12.5. The van der Waals surface area contributed by atoms with E-state index in [0.29, 0.717) is 16.6 Å². The van der Waals surface area contributed by atoms with Crippen molar-refractivity contribution in [2.24, 2.45) is 0 Å². The number of nitrogens with one attached hydrogen (secondary N) is 2. The first-order valence-electron chi connectivity index (χ1n) is 7.11. The van der Waals surface area contributed by atoms with Gasteiger partial charge in [0.2, 0.25) is 0 Å². The van der Waals surface area contributed by atoms with Crippen LogP contribution in [0.3, 0.4) is 0 Å². The molecule has 2 rings (SSSR count). The standard InChI is InChI=1S/C17H16BrFN2O2/c1-2-20-16(22)12-5-3-4-11(8-12)10-21-17(23)14-9-13(18)6-7-15(14)19/h3-9H,2,10H2,1H3,(H,20,22)(H,21,23). The van der Waals surface area contributed by atoms with Crippen LogP contribution >= 0.6 is 15.9 Å². The van der Waals surface area contributed by atoms with Crippen LogP contribution in [0.5, 0.6) is 0 Å². The number of amides is 2. The van der Waals surface area contributed by atoms with Gasteiger partial charge in [0.25, 0.3) is 11.8 Å². The summed E-state index contributed by atoms with van der Waals surface area (Å²) in [5, 5.41) is 5.36. The molecule has 0 atom stereocenters. The second kappa shape index (κ2) is 7.87. The van der Waals surface area contributed by atoms with Gasteiger partial charge in [-0.2, -0.15) is 0 Å². The molecule has 6 heteroatoms. The van der Waals surface area contributed by atoms with Crippen molar-refractivity contribution in [1.29, 1.82) is 0 Å². The average Bonchev–Trinajstić information content (AvgIpc) is 2.55. The van der Waals surface area contributed by atoms with Crippen molar-refractivity contribution in [1.82, 2.24) is 10.6 Å². The van der Waals surface area contributed by atoms with Crippen molar-refractivity contribution in [3.63, 3.8) is 0 Å². The van der Waals surface area contributed by atoms with Crippen molar-refractivity contribution >= 4 is 27.7 Å². The van der Waals surface area contributed by atoms with Crippen LogP contribution in [0.15, 0.2) is 46.9 Å². The van der Waals surface area contributed by atoms with Gasteiger partial charge < -0.3 is 10.6 Å². The molecule has 0 saturated carbocycles. The van der Waals surface area contributed by atoms with E-state index in [1.165, 1.54) is 18.2 Å². The predicted molar refractivity (Wildman–Crippen MR) is 89.7 cm³/mol. The smallest absolute Gasteiger partial charge is 0.254 e. The summed E-state index contributed by atoms with van der Waals surface area (Å²) in [5.41, 5.74) is 1.25. The number of halogens is 2. The van der Waals surface area contributed by atoms with Gasteiger partial charge in [0.15, 0.2) is 0 Å². The minimum Gasteiger partial charge on any atom is -0.352 e. The Balaban J connectivity index is 2.06. The first kappa shape index (κ1) is 17.1. The van der Waals surface area contributed by atoms with E-state index in [1.807, 2.05) is 6.92 Å². The molecular weight excluding hydrogens is 363 g/mol. The van der Waals surface area contributed by atoms with Crippen LogP contribution in [0.1, 0.15) is 33.2 Å². The second-order valence-electron chi connectivity index (χ2n) is 4.87. The predicted octanol–water partition coefficient (Wildman–Crippen LogP) is 3.27. The molecule has 0 aromatic heterocycles. The summed E-state index contributed by atoms with van der Waals surface area (Å²) in [7, 11) is 0. The SMILES string of the molecule is CCNC(=O)c1cccc(CNC(=O)c2cc(Br)ccc2F)c1. The Morgan fingerprint density at radius 2 is 1.87 bits per heavy atom. The number of benzene rings is 2. The first-order chi connectivity index (χ1) is 11.0. The van der Waals surface area contributed by atoms with Gasteiger partial charge in [-0.3, -0.25) is 9.59 Å². The summed E-state index contributed by atoms with van der Waals surface area (Å²) < 4.78 is 14.3. The number of hydrogen-bond acceptors (Lipinski definition) is 2. The summed E-state index contributed by atoms with van der Waals surface area (Å²) in [6, 6.07) is 11.1. The lowest BCUT2D eigenvalue weighted by molar-refractivity contribution is 0.0943. The van der Waals surface area contributed by atoms with E-state index >= 15 is 0 Å². The topological polar surface area (TPSA) is 58.2 Å². The highest BCUT2D eigenvalue weighted by atomic mass is 79.9. The molecule has 120 valence electrons. The second-order valence-corrected chi connectivity index (χ2v) is 5.78. The van der Waals surface area contributed by atoms with Crippen LogP contribution in [0.4, 0.5) is 4.39 Å². The normalized spacial score (nSPS) is 10.2. The van der Waals surface area contributed by atoms with Crippen molar-refractivity contribution < 1.29 is 14.0 Å². The molecule has 0 unspecified atom stereocenters. The highest BCUT2D eigenvalue weighted by Crippen LogP contribution is 2.15. The number of carbonyl (C=O) groups is 2. The average molecular weight is 379 g/mol. The van der Waals surface area contributed by atoms with Crippen molar-refractivity contribution in [3.05, 3.63) is 69.4 Å². The van der Waals surface area contributed by atoms with Gasteiger partial charge in [0.1, 0.15) is 5.82 Å². The largest absolute Gasteiger partial charge is 0.352 e. The molecule has 23 heavy (non-hydrogen) atoms. The number of carbonyl (C=O) groups excluding carboxylic acids is 2. The minimum atomic E-state index is -0.582. The molecule has 2 N–H and O–H groups in total. The molecule has 0 aliphatic rings. The van der Waals surface area contributed by atoms with Crippen molar-refractivity contribution in [3.8, 4) is 0 Å². The van der Waals surface area contributed by atoms with E-state index in [4.69, 9.17) is 0 Å². The molecule has 0 saturated heterocycles. The molecule has 4 nitrogen and oxygen atoms in total. The Morgan fingerprint density at radius 3 is 2.61 bits per heavy atom. The molecule has 0 aliphatic heterocycles. The van der Waals surface area contributed by atoms with Crippen molar-refractivity contribution in [2.45, 2.75) is 13.5 Å². The van der Waals surface area contributed by atoms with E-state index in [-0.39, 0.29) is 18.0 Å². The molecule has 2 aromatic rings.